The molecule has 3 N–H and O–H groups in total. The summed E-state index contributed by atoms with van der Waals surface area (Å²) in [4.78, 5) is 29.3. The van der Waals surface area contributed by atoms with Gasteiger partial charge in [-0.15, -0.1) is 0 Å². The van der Waals surface area contributed by atoms with Crippen molar-refractivity contribution >= 4 is 11.8 Å². The Morgan fingerprint density at radius 3 is 2.87 bits per heavy atom. The number of rotatable bonds is 8. The van der Waals surface area contributed by atoms with Crippen molar-refractivity contribution in [3.8, 4) is 5.75 Å². The molecule has 1 atom stereocenters. The molecule has 1 aromatic heterocycles. The Labute approximate surface area is 176 Å². The average molecular weight is 412 g/mol. The van der Waals surface area contributed by atoms with Gasteiger partial charge in [-0.05, 0) is 36.2 Å². The van der Waals surface area contributed by atoms with E-state index in [1.807, 2.05) is 24.3 Å². The summed E-state index contributed by atoms with van der Waals surface area (Å²) >= 11 is 0. The first kappa shape index (κ1) is 21.7. The van der Waals surface area contributed by atoms with Gasteiger partial charge in [0.15, 0.2) is 0 Å². The second-order valence-corrected chi connectivity index (χ2v) is 7.08. The topological polar surface area (TPSA) is 102 Å². The summed E-state index contributed by atoms with van der Waals surface area (Å²) in [6.07, 6.45) is 1.30. The van der Waals surface area contributed by atoms with Gasteiger partial charge in [-0.1, -0.05) is 12.1 Å². The SMILES string of the molecule is CNC(=O)c1cc(C(=O)NCCC2CNCCO2)cc(Cc2cccc(OC)c2)n1. The van der Waals surface area contributed by atoms with Crippen LogP contribution in [0.25, 0.3) is 0 Å². The van der Waals surface area contributed by atoms with Crippen LogP contribution in [0.3, 0.4) is 0 Å². The number of benzene rings is 1. The Bertz CT molecular complexity index is 881. The van der Waals surface area contributed by atoms with Crippen molar-refractivity contribution < 1.29 is 19.1 Å². The number of nitrogens with one attached hydrogen (secondary N) is 3. The molecule has 1 aliphatic heterocycles. The predicted octanol–water partition coefficient (Wildman–Crippen LogP) is 1.15. The quantitative estimate of drug-likeness (QED) is 0.601. The monoisotopic (exact) mass is 412 g/mol. The number of hydrogen-bond donors (Lipinski definition) is 3. The second kappa shape index (κ2) is 10.7. The minimum Gasteiger partial charge on any atom is -0.497 e. The molecule has 160 valence electrons. The molecule has 8 nitrogen and oxygen atoms in total. The Morgan fingerprint density at radius 1 is 1.27 bits per heavy atom. The van der Waals surface area contributed by atoms with Crippen molar-refractivity contribution in [3.63, 3.8) is 0 Å². The summed E-state index contributed by atoms with van der Waals surface area (Å²) in [6.45, 7) is 2.83. The van der Waals surface area contributed by atoms with E-state index in [9.17, 15) is 9.59 Å². The molecule has 2 aromatic rings. The molecule has 0 radical (unpaired) electrons. The normalized spacial score (nSPS) is 16.0. The van der Waals surface area contributed by atoms with Gasteiger partial charge in [-0.2, -0.15) is 0 Å². The van der Waals surface area contributed by atoms with Crippen LogP contribution in [0.15, 0.2) is 36.4 Å². The van der Waals surface area contributed by atoms with Crippen molar-refractivity contribution in [1.82, 2.24) is 20.9 Å². The summed E-state index contributed by atoms with van der Waals surface area (Å²) in [5.74, 6) is 0.170. The Balaban J connectivity index is 1.72. The highest BCUT2D eigenvalue weighted by atomic mass is 16.5. The van der Waals surface area contributed by atoms with Crippen molar-refractivity contribution in [2.24, 2.45) is 0 Å². The fourth-order valence-electron chi connectivity index (χ4n) is 3.30. The fourth-order valence-corrected chi connectivity index (χ4v) is 3.30. The molecular formula is C22H28N4O4. The lowest BCUT2D eigenvalue weighted by molar-refractivity contribution is 0.0239. The summed E-state index contributed by atoms with van der Waals surface area (Å²) < 4.78 is 10.9. The zero-order chi connectivity index (χ0) is 21.3. The van der Waals surface area contributed by atoms with E-state index in [2.05, 4.69) is 20.9 Å². The molecule has 1 fully saturated rings. The summed E-state index contributed by atoms with van der Waals surface area (Å²) in [7, 11) is 3.15. The second-order valence-electron chi connectivity index (χ2n) is 7.08. The molecule has 1 aliphatic rings. The van der Waals surface area contributed by atoms with Crippen LogP contribution in [-0.2, 0) is 11.2 Å². The Hall–Kier alpha value is -2.97. The molecule has 2 heterocycles. The van der Waals surface area contributed by atoms with Crippen LogP contribution in [0.1, 0.15) is 38.5 Å². The molecule has 8 heteroatoms. The van der Waals surface area contributed by atoms with Gasteiger partial charge in [0.2, 0.25) is 0 Å². The van der Waals surface area contributed by atoms with Crippen molar-refractivity contribution in [1.29, 1.82) is 0 Å². The lowest BCUT2D eigenvalue weighted by Crippen LogP contribution is -2.40. The molecule has 0 spiro atoms. The highest BCUT2D eigenvalue weighted by molar-refractivity contribution is 5.98. The van der Waals surface area contributed by atoms with E-state index in [4.69, 9.17) is 9.47 Å². The van der Waals surface area contributed by atoms with Gasteiger partial charge in [0, 0.05) is 44.4 Å². The maximum Gasteiger partial charge on any atom is 0.269 e. The van der Waals surface area contributed by atoms with Crippen LogP contribution >= 0.6 is 0 Å². The number of pyridine rings is 1. The van der Waals surface area contributed by atoms with Gasteiger partial charge in [-0.25, -0.2) is 4.98 Å². The van der Waals surface area contributed by atoms with E-state index < -0.39 is 0 Å². The number of carbonyl (C=O) groups excluding carboxylic acids is 2. The third-order valence-electron chi connectivity index (χ3n) is 4.88. The third kappa shape index (κ3) is 6.01. The zero-order valence-electron chi connectivity index (χ0n) is 17.4. The summed E-state index contributed by atoms with van der Waals surface area (Å²) in [5, 5.41) is 8.75. The number of amides is 2. The first-order chi connectivity index (χ1) is 14.6. The molecule has 0 saturated carbocycles. The van der Waals surface area contributed by atoms with E-state index in [1.165, 1.54) is 13.1 Å². The van der Waals surface area contributed by atoms with E-state index in [0.29, 0.717) is 30.8 Å². The molecule has 0 aliphatic carbocycles. The number of aromatic nitrogens is 1. The number of carbonyl (C=O) groups is 2. The smallest absolute Gasteiger partial charge is 0.269 e. The number of methoxy groups -OCH3 is 1. The third-order valence-corrected chi connectivity index (χ3v) is 4.88. The fraction of sp³-hybridized carbons (Fsp3) is 0.409. The predicted molar refractivity (Wildman–Crippen MR) is 113 cm³/mol. The number of hydrogen-bond acceptors (Lipinski definition) is 6. The molecular weight excluding hydrogens is 384 g/mol. The van der Waals surface area contributed by atoms with Gasteiger partial charge in [0.25, 0.3) is 11.8 Å². The lowest BCUT2D eigenvalue weighted by Gasteiger charge is -2.23. The first-order valence-electron chi connectivity index (χ1n) is 10.1. The van der Waals surface area contributed by atoms with Crippen molar-refractivity contribution in [2.75, 3.05) is 40.4 Å². The Morgan fingerprint density at radius 2 is 2.13 bits per heavy atom. The minimum absolute atomic E-state index is 0.0987. The lowest BCUT2D eigenvalue weighted by atomic mass is 10.1. The van der Waals surface area contributed by atoms with Crippen LogP contribution < -0.4 is 20.7 Å². The Kier molecular flexibility index (Phi) is 7.75. The largest absolute Gasteiger partial charge is 0.497 e. The van der Waals surface area contributed by atoms with Gasteiger partial charge in [-0.3, -0.25) is 9.59 Å². The summed E-state index contributed by atoms with van der Waals surface area (Å²) in [5.41, 5.74) is 2.23. The maximum absolute atomic E-state index is 12.7. The van der Waals surface area contributed by atoms with Crippen LogP contribution in [0, 0.1) is 0 Å². The maximum atomic E-state index is 12.7. The molecule has 1 aromatic carbocycles. The van der Waals surface area contributed by atoms with Crippen LogP contribution in [0.5, 0.6) is 5.75 Å². The van der Waals surface area contributed by atoms with Crippen LogP contribution in [0.4, 0.5) is 0 Å². The van der Waals surface area contributed by atoms with Crippen LogP contribution in [-0.4, -0.2) is 63.3 Å². The average Bonchev–Trinajstić information content (AvgIpc) is 2.79. The molecule has 0 bridgehead atoms. The molecule has 1 unspecified atom stereocenters. The number of ether oxygens (including phenoxy) is 2. The van der Waals surface area contributed by atoms with Crippen molar-refractivity contribution in [2.45, 2.75) is 18.9 Å². The van der Waals surface area contributed by atoms with E-state index in [-0.39, 0.29) is 23.6 Å². The molecule has 1 saturated heterocycles. The van der Waals surface area contributed by atoms with Crippen LogP contribution in [0.2, 0.25) is 0 Å². The van der Waals surface area contributed by atoms with Gasteiger partial charge < -0.3 is 25.4 Å². The first-order valence-corrected chi connectivity index (χ1v) is 10.1. The van der Waals surface area contributed by atoms with Gasteiger partial charge >= 0.3 is 0 Å². The minimum atomic E-state index is -0.335. The van der Waals surface area contributed by atoms with E-state index >= 15 is 0 Å². The van der Waals surface area contributed by atoms with Crippen molar-refractivity contribution in [3.05, 3.63) is 58.9 Å². The highest BCUT2D eigenvalue weighted by Crippen LogP contribution is 2.17. The number of morpholine rings is 1. The zero-order valence-corrected chi connectivity index (χ0v) is 17.4. The highest BCUT2D eigenvalue weighted by Gasteiger charge is 2.16. The standard InChI is InChI=1S/C22H28N4O4/c1-23-22(28)20-13-16(21(27)25-7-6-19-14-24-8-9-30-19)12-17(26-20)10-15-4-3-5-18(11-15)29-2/h3-5,11-13,19,24H,6-10,14H2,1-2H3,(H,23,28)(H,25,27). The van der Waals surface area contributed by atoms with E-state index in [0.717, 1.165) is 30.8 Å². The van der Waals surface area contributed by atoms with Gasteiger partial charge in [0.05, 0.1) is 19.8 Å². The molecule has 2 amide bonds. The number of nitrogens with zero attached hydrogens (tertiary/aromatic N) is 1. The molecule has 30 heavy (non-hydrogen) atoms. The summed E-state index contributed by atoms with van der Waals surface area (Å²) in [6, 6.07) is 10.9. The molecule has 3 rings (SSSR count). The van der Waals surface area contributed by atoms with Gasteiger partial charge in [0.1, 0.15) is 11.4 Å². The van der Waals surface area contributed by atoms with E-state index in [1.54, 1.807) is 13.2 Å².